The molecule has 0 spiro atoms. The first kappa shape index (κ1) is 11.2. The van der Waals surface area contributed by atoms with E-state index in [4.69, 9.17) is 0 Å². The molecule has 2 nitrogen and oxygen atoms in total. The van der Waals surface area contributed by atoms with Crippen molar-refractivity contribution in [3.63, 3.8) is 0 Å². The second-order valence-corrected chi connectivity index (χ2v) is 6.19. The number of nitrogens with zero attached hydrogens (tertiary/aromatic N) is 2. The second-order valence-electron chi connectivity index (χ2n) is 5.14. The van der Waals surface area contributed by atoms with Crippen molar-refractivity contribution in [3.8, 4) is 10.4 Å². The molecule has 0 saturated carbocycles. The van der Waals surface area contributed by atoms with Crippen molar-refractivity contribution >= 4 is 43.2 Å². The van der Waals surface area contributed by atoms with Gasteiger partial charge in [-0.3, -0.25) is 0 Å². The summed E-state index contributed by atoms with van der Waals surface area (Å²) in [5.41, 5.74) is 3.32. The standard InChI is InChI=1S/C18H10N2S/c1-2-4-11(5-3-1)18-12-6-7-13-17-14(20-10-19-13)8-9-15(21-18)16(12)17/h1-10H. The van der Waals surface area contributed by atoms with Gasteiger partial charge in [0.1, 0.15) is 6.33 Å². The number of aromatic nitrogens is 2. The summed E-state index contributed by atoms with van der Waals surface area (Å²) in [6, 6.07) is 19.1. The van der Waals surface area contributed by atoms with Gasteiger partial charge < -0.3 is 0 Å². The van der Waals surface area contributed by atoms with E-state index in [0.717, 1.165) is 11.0 Å². The Bertz CT molecular complexity index is 1060. The third-order valence-corrected chi connectivity index (χ3v) is 5.18. The second kappa shape index (κ2) is 3.99. The first-order valence-corrected chi connectivity index (χ1v) is 7.67. The first-order valence-electron chi connectivity index (χ1n) is 6.85. The highest BCUT2D eigenvalue weighted by atomic mass is 32.1. The van der Waals surface area contributed by atoms with Crippen molar-refractivity contribution in [1.29, 1.82) is 0 Å². The molecule has 0 atom stereocenters. The fourth-order valence-corrected chi connectivity index (χ4v) is 4.24. The molecule has 0 N–H and O–H groups in total. The Morgan fingerprint density at radius 1 is 0.714 bits per heavy atom. The summed E-state index contributed by atoms with van der Waals surface area (Å²) in [7, 11) is 0. The topological polar surface area (TPSA) is 25.8 Å². The van der Waals surface area contributed by atoms with Crippen LogP contribution in [0.1, 0.15) is 0 Å². The summed E-state index contributed by atoms with van der Waals surface area (Å²) in [5.74, 6) is 0. The predicted molar refractivity (Wildman–Crippen MR) is 89.0 cm³/mol. The normalized spacial score (nSPS) is 11.8. The first-order chi connectivity index (χ1) is 10.4. The zero-order valence-corrected chi connectivity index (χ0v) is 11.9. The largest absolute Gasteiger partial charge is 0.236 e. The van der Waals surface area contributed by atoms with Crippen LogP contribution in [0.25, 0.3) is 42.3 Å². The van der Waals surface area contributed by atoms with E-state index >= 15 is 0 Å². The van der Waals surface area contributed by atoms with Crippen molar-refractivity contribution < 1.29 is 0 Å². The van der Waals surface area contributed by atoms with Crippen molar-refractivity contribution in [2.45, 2.75) is 0 Å². The van der Waals surface area contributed by atoms with E-state index < -0.39 is 0 Å². The SMILES string of the molecule is c1ccc(-c2sc3ccc4ncnc5ccc2c3c45)cc1. The molecule has 0 aliphatic rings. The van der Waals surface area contributed by atoms with Crippen LogP contribution >= 0.6 is 11.3 Å². The molecule has 3 heteroatoms. The highest BCUT2D eigenvalue weighted by Crippen LogP contribution is 2.43. The molecule has 0 aliphatic heterocycles. The van der Waals surface area contributed by atoms with Gasteiger partial charge in [-0.15, -0.1) is 11.3 Å². The molecule has 5 rings (SSSR count). The highest BCUT2D eigenvalue weighted by Gasteiger charge is 2.15. The number of thiophene rings is 1. The van der Waals surface area contributed by atoms with Crippen molar-refractivity contribution in [1.82, 2.24) is 9.97 Å². The lowest BCUT2D eigenvalue weighted by molar-refractivity contribution is 1.26. The van der Waals surface area contributed by atoms with Gasteiger partial charge in [0, 0.05) is 25.7 Å². The van der Waals surface area contributed by atoms with Crippen LogP contribution in [0.2, 0.25) is 0 Å². The molecular formula is C18H10N2S. The molecule has 2 aromatic heterocycles. The van der Waals surface area contributed by atoms with Crippen LogP contribution in [0, 0.1) is 0 Å². The third kappa shape index (κ3) is 1.46. The Morgan fingerprint density at radius 3 is 2.29 bits per heavy atom. The number of benzene rings is 3. The third-order valence-electron chi connectivity index (χ3n) is 3.96. The lowest BCUT2D eigenvalue weighted by Gasteiger charge is -2.04. The van der Waals surface area contributed by atoms with E-state index in [1.54, 1.807) is 6.33 Å². The average molecular weight is 286 g/mol. The molecule has 0 saturated heterocycles. The van der Waals surface area contributed by atoms with Crippen molar-refractivity contribution in [2.24, 2.45) is 0 Å². The van der Waals surface area contributed by atoms with E-state index in [-0.39, 0.29) is 0 Å². The van der Waals surface area contributed by atoms with Crippen molar-refractivity contribution in [3.05, 3.63) is 60.9 Å². The Morgan fingerprint density at radius 2 is 1.48 bits per heavy atom. The molecule has 21 heavy (non-hydrogen) atoms. The Labute approximate surface area is 125 Å². The maximum atomic E-state index is 4.41. The number of rotatable bonds is 1. The maximum absolute atomic E-state index is 4.41. The molecule has 0 bridgehead atoms. The molecule has 0 aliphatic carbocycles. The van der Waals surface area contributed by atoms with Gasteiger partial charge in [-0.2, -0.15) is 0 Å². The number of hydrogen-bond donors (Lipinski definition) is 0. The smallest absolute Gasteiger partial charge is 0.116 e. The Kier molecular flexibility index (Phi) is 2.12. The van der Waals surface area contributed by atoms with Crippen LogP contribution in [0.15, 0.2) is 60.9 Å². The summed E-state index contributed by atoms with van der Waals surface area (Å²) in [6.45, 7) is 0. The van der Waals surface area contributed by atoms with Gasteiger partial charge in [0.2, 0.25) is 0 Å². The van der Waals surface area contributed by atoms with Crippen LogP contribution in [0.5, 0.6) is 0 Å². The monoisotopic (exact) mass is 286 g/mol. The predicted octanol–water partition coefficient (Wildman–Crippen LogP) is 5.10. The van der Waals surface area contributed by atoms with E-state index in [1.807, 2.05) is 11.3 Å². The van der Waals surface area contributed by atoms with Gasteiger partial charge >= 0.3 is 0 Å². The zero-order valence-electron chi connectivity index (χ0n) is 11.1. The molecule has 0 amide bonds. The minimum absolute atomic E-state index is 1.02. The molecular weight excluding hydrogens is 276 g/mol. The molecule has 98 valence electrons. The molecule has 0 radical (unpaired) electrons. The van der Waals surface area contributed by atoms with Gasteiger partial charge in [-0.25, -0.2) is 9.97 Å². The molecule has 2 heterocycles. The van der Waals surface area contributed by atoms with Gasteiger partial charge in [0.25, 0.3) is 0 Å². The Hall–Kier alpha value is -2.52. The van der Waals surface area contributed by atoms with Crippen LogP contribution < -0.4 is 0 Å². The van der Waals surface area contributed by atoms with E-state index in [9.17, 15) is 0 Å². The quantitative estimate of drug-likeness (QED) is 0.428. The van der Waals surface area contributed by atoms with Crippen molar-refractivity contribution in [2.75, 3.05) is 0 Å². The molecule has 0 unspecified atom stereocenters. The van der Waals surface area contributed by atoms with Gasteiger partial charge in [-0.05, 0) is 23.8 Å². The minimum Gasteiger partial charge on any atom is -0.236 e. The van der Waals surface area contributed by atoms with Crippen LogP contribution in [0.4, 0.5) is 0 Å². The van der Waals surface area contributed by atoms with Gasteiger partial charge in [0.05, 0.1) is 11.0 Å². The maximum Gasteiger partial charge on any atom is 0.116 e. The lowest BCUT2D eigenvalue weighted by atomic mass is 10.0. The summed E-state index contributed by atoms with van der Waals surface area (Å²) < 4.78 is 1.30. The summed E-state index contributed by atoms with van der Waals surface area (Å²) in [6.07, 6.45) is 1.64. The van der Waals surface area contributed by atoms with Crippen LogP contribution in [0.3, 0.4) is 0 Å². The fourth-order valence-electron chi connectivity index (χ4n) is 3.04. The summed E-state index contributed by atoms with van der Waals surface area (Å²) >= 11 is 1.84. The van der Waals surface area contributed by atoms with Crippen LogP contribution in [-0.2, 0) is 0 Å². The number of hydrogen-bond acceptors (Lipinski definition) is 3. The minimum atomic E-state index is 1.02. The van der Waals surface area contributed by atoms with E-state index in [2.05, 4.69) is 64.6 Å². The molecule has 5 aromatic rings. The van der Waals surface area contributed by atoms with E-state index in [0.29, 0.717) is 0 Å². The zero-order chi connectivity index (χ0) is 13.8. The van der Waals surface area contributed by atoms with Gasteiger partial charge in [0.15, 0.2) is 0 Å². The van der Waals surface area contributed by atoms with E-state index in [1.165, 1.54) is 31.3 Å². The molecule has 0 fully saturated rings. The molecule has 3 aromatic carbocycles. The summed E-state index contributed by atoms with van der Waals surface area (Å²) in [5, 5.41) is 3.79. The highest BCUT2D eigenvalue weighted by molar-refractivity contribution is 7.23. The fraction of sp³-hybridized carbons (Fsp3) is 0. The average Bonchev–Trinajstić information content (AvgIpc) is 2.94. The Balaban J connectivity index is 2.02. The lowest BCUT2D eigenvalue weighted by Crippen LogP contribution is -1.85. The van der Waals surface area contributed by atoms with Crippen LogP contribution in [-0.4, -0.2) is 9.97 Å². The summed E-state index contributed by atoms with van der Waals surface area (Å²) in [4.78, 5) is 10.1. The van der Waals surface area contributed by atoms with Gasteiger partial charge in [-0.1, -0.05) is 36.4 Å².